The second-order valence-electron chi connectivity index (χ2n) is 9.63. The van der Waals surface area contributed by atoms with Crippen molar-refractivity contribution in [3.8, 4) is 23.1 Å². The summed E-state index contributed by atoms with van der Waals surface area (Å²) in [5, 5.41) is 3.71. The Morgan fingerprint density at radius 2 is 1.41 bits per heavy atom. The fourth-order valence-electron chi connectivity index (χ4n) is 5.28. The molecule has 0 saturated heterocycles. The summed E-state index contributed by atoms with van der Waals surface area (Å²) in [6, 6.07) is 33.0. The van der Waals surface area contributed by atoms with Gasteiger partial charge in [-0.1, -0.05) is 80.3 Å². The van der Waals surface area contributed by atoms with Gasteiger partial charge in [0.1, 0.15) is 0 Å². The van der Waals surface area contributed by atoms with Crippen molar-refractivity contribution < 1.29 is 0 Å². The molecule has 2 aromatic heterocycles. The summed E-state index contributed by atoms with van der Waals surface area (Å²) in [7, 11) is 0. The Kier molecular flexibility index (Phi) is 6.11. The minimum absolute atomic E-state index is 0.999. The lowest BCUT2D eigenvalue weighted by Gasteiger charge is -2.13. The van der Waals surface area contributed by atoms with E-state index in [0.29, 0.717) is 0 Å². The maximum absolute atomic E-state index is 3.82. The van der Waals surface area contributed by atoms with E-state index in [4.69, 9.17) is 0 Å². The summed E-state index contributed by atoms with van der Waals surface area (Å²) >= 11 is 3.82. The highest BCUT2D eigenvalue weighted by Crippen LogP contribution is 2.38. The van der Waals surface area contributed by atoms with Gasteiger partial charge in [0.25, 0.3) is 0 Å². The maximum atomic E-state index is 3.82. The van der Waals surface area contributed by atoms with E-state index in [1.165, 1.54) is 55.1 Å². The van der Waals surface area contributed by atoms with E-state index < -0.39 is 0 Å². The van der Waals surface area contributed by atoms with Crippen molar-refractivity contribution in [1.29, 1.82) is 0 Å². The lowest BCUT2D eigenvalue weighted by molar-refractivity contribution is 1.14. The first-order valence-electron chi connectivity index (χ1n) is 12.9. The van der Waals surface area contributed by atoms with Gasteiger partial charge in [0.2, 0.25) is 0 Å². The summed E-state index contributed by atoms with van der Waals surface area (Å²) in [6.45, 7) is 6.61. The van der Waals surface area contributed by atoms with Crippen LogP contribution in [0, 0.1) is 18.8 Å². The number of hydrogen-bond acceptors (Lipinski definition) is 0. The molecule has 0 aliphatic rings. The molecule has 4 aromatic carbocycles. The molecule has 180 valence electrons. The molecule has 0 aliphatic heterocycles. The molecule has 0 spiro atoms. The van der Waals surface area contributed by atoms with E-state index >= 15 is 0 Å². The molecule has 6 rings (SSSR count). The molecule has 0 N–H and O–H groups in total. The number of rotatable bonds is 3. The first-order chi connectivity index (χ1) is 18.1. The van der Waals surface area contributed by atoms with Crippen molar-refractivity contribution in [3.05, 3.63) is 123 Å². The topological polar surface area (TPSA) is 4.41 Å². The third-order valence-corrected chi connectivity index (χ3v) is 8.07. The van der Waals surface area contributed by atoms with Gasteiger partial charge in [0.15, 0.2) is 0 Å². The van der Waals surface area contributed by atoms with Gasteiger partial charge in [-0.2, -0.15) is 0 Å². The lowest BCUT2D eigenvalue weighted by atomic mass is 10.0. The highest BCUT2D eigenvalue weighted by atomic mass is 79.9. The van der Waals surface area contributed by atoms with Gasteiger partial charge < -0.3 is 4.40 Å². The normalized spacial score (nSPS) is 11.2. The van der Waals surface area contributed by atoms with Crippen LogP contribution in [0.25, 0.3) is 38.4 Å². The Morgan fingerprint density at radius 3 is 2.11 bits per heavy atom. The van der Waals surface area contributed by atoms with Crippen molar-refractivity contribution >= 4 is 43.1 Å². The van der Waals surface area contributed by atoms with E-state index in [-0.39, 0.29) is 0 Å². The van der Waals surface area contributed by atoms with Crippen molar-refractivity contribution in [3.63, 3.8) is 0 Å². The summed E-state index contributed by atoms with van der Waals surface area (Å²) in [6.07, 6.45) is 2.08. The quantitative estimate of drug-likeness (QED) is 0.196. The van der Waals surface area contributed by atoms with Crippen molar-refractivity contribution in [2.45, 2.75) is 33.6 Å². The molecule has 0 atom stereocenters. The van der Waals surface area contributed by atoms with Gasteiger partial charge in [-0.25, -0.2) is 0 Å². The van der Waals surface area contributed by atoms with Crippen LogP contribution in [0.3, 0.4) is 0 Å². The molecule has 1 nitrogen and oxygen atoms in total. The molecule has 0 unspecified atom stereocenters. The van der Waals surface area contributed by atoms with Crippen LogP contribution in [-0.2, 0) is 12.8 Å². The van der Waals surface area contributed by atoms with E-state index in [9.17, 15) is 0 Å². The molecule has 6 aromatic rings. The van der Waals surface area contributed by atoms with Crippen LogP contribution in [0.2, 0.25) is 0 Å². The number of aromatic nitrogens is 1. The second kappa shape index (κ2) is 9.58. The van der Waals surface area contributed by atoms with E-state index in [1.807, 2.05) is 0 Å². The summed E-state index contributed by atoms with van der Waals surface area (Å²) in [5.74, 6) is 6.80. The molecular formula is C35H28BrN. The largest absolute Gasteiger partial charge is 0.308 e. The first kappa shape index (κ1) is 23.6. The van der Waals surface area contributed by atoms with Crippen LogP contribution in [-0.4, -0.2) is 4.40 Å². The van der Waals surface area contributed by atoms with E-state index in [0.717, 1.165) is 28.4 Å². The number of halogens is 1. The van der Waals surface area contributed by atoms with Crippen LogP contribution in [0.1, 0.15) is 41.7 Å². The van der Waals surface area contributed by atoms with Gasteiger partial charge in [-0.3, -0.25) is 0 Å². The van der Waals surface area contributed by atoms with Crippen molar-refractivity contribution in [1.82, 2.24) is 4.40 Å². The number of pyridine rings is 1. The molecule has 2 heteroatoms. The Hall–Kier alpha value is -3.80. The fourth-order valence-corrected chi connectivity index (χ4v) is 5.74. The standard InChI is InChI=1S/C35H28BrN/c1-4-24-10-12-26(13-11-24)16-19-28-20-31-29(21-32(28)36)22-34(27-17-14-25(5-2)15-18-27)37-33-9-7-6-8-30(33)23(3)35(31)37/h6-15,17-18,20-22H,4-5H2,1-3H3. The monoisotopic (exact) mass is 541 g/mol. The molecular weight excluding hydrogens is 514 g/mol. The zero-order chi connectivity index (χ0) is 25.5. The molecule has 2 heterocycles. The third kappa shape index (κ3) is 4.14. The minimum Gasteiger partial charge on any atom is -0.308 e. The number of nitrogens with zero attached hydrogens (tertiary/aromatic N) is 1. The summed E-state index contributed by atoms with van der Waals surface area (Å²) < 4.78 is 3.45. The number of hydrogen-bond donors (Lipinski definition) is 0. The highest BCUT2D eigenvalue weighted by molar-refractivity contribution is 9.10. The number of para-hydroxylation sites is 1. The fraction of sp³-hybridized carbons (Fsp3) is 0.143. The zero-order valence-electron chi connectivity index (χ0n) is 21.4. The van der Waals surface area contributed by atoms with Crippen molar-refractivity contribution in [2.24, 2.45) is 0 Å². The van der Waals surface area contributed by atoms with Crippen LogP contribution in [0.4, 0.5) is 0 Å². The molecule has 0 radical (unpaired) electrons. The average Bonchev–Trinajstić information content (AvgIpc) is 3.24. The lowest BCUT2D eigenvalue weighted by Crippen LogP contribution is -1.95. The minimum atomic E-state index is 0.999. The van der Waals surface area contributed by atoms with Crippen LogP contribution in [0.5, 0.6) is 0 Å². The SMILES string of the molecule is CCc1ccc(C#Cc2cc3c(cc2Br)cc(-c2ccc(CC)cc2)n2c4ccccc4c(C)c32)cc1. The second-order valence-corrected chi connectivity index (χ2v) is 10.5. The van der Waals surface area contributed by atoms with E-state index in [1.54, 1.807) is 0 Å². The molecule has 37 heavy (non-hydrogen) atoms. The Bertz CT molecular complexity index is 1840. The Balaban J connectivity index is 1.62. The Morgan fingerprint density at radius 1 is 0.730 bits per heavy atom. The van der Waals surface area contributed by atoms with Crippen LogP contribution >= 0.6 is 15.9 Å². The molecule has 0 aliphatic carbocycles. The number of benzene rings is 4. The zero-order valence-corrected chi connectivity index (χ0v) is 23.0. The smallest absolute Gasteiger partial charge is 0.0576 e. The highest BCUT2D eigenvalue weighted by Gasteiger charge is 2.17. The predicted octanol–water partition coefficient (Wildman–Crippen LogP) is 9.51. The van der Waals surface area contributed by atoms with Gasteiger partial charge in [-0.05, 0) is 99.7 Å². The van der Waals surface area contributed by atoms with E-state index in [2.05, 4.69) is 144 Å². The Labute approximate surface area is 226 Å². The molecule has 0 fully saturated rings. The molecule has 0 saturated carbocycles. The summed E-state index contributed by atoms with van der Waals surface area (Å²) in [4.78, 5) is 0. The molecule has 0 amide bonds. The molecule has 0 bridgehead atoms. The number of fused-ring (bicyclic) bond motifs is 5. The van der Waals surface area contributed by atoms with Gasteiger partial charge in [0, 0.05) is 26.4 Å². The van der Waals surface area contributed by atoms with Crippen molar-refractivity contribution in [2.75, 3.05) is 0 Å². The predicted molar refractivity (Wildman–Crippen MR) is 161 cm³/mol. The van der Waals surface area contributed by atoms with Crippen LogP contribution < -0.4 is 0 Å². The third-order valence-electron chi connectivity index (χ3n) is 7.42. The first-order valence-corrected chi connectivity index (χ1v) is 13.7. The average molecular weight is 543 g/mol. The van der Waals surface area contributed by atoms with Gasteiger partial charge in [0.05, 0.1) is 16.7 Å². The maximum Gasteiger partial charge on any atom is 0.0576 e. The summed E-state index contributed by atoms with van der Waals surface area (Å²) in [5.41, 5.74) is 10.9. The van der Waals surface area contributed by atoms with Gasteiger partial charge >= 0.3 is 0 Å². The number of aryl methyl sites for hydroxylation is 3. The van der Waals surface area contributed by atoms with Crippen LogP contribution in [0.15, 0.2) is 95.5 Å². The van der Waals surface area contributed by atoms with Gasteiger partial charge in [-0.15, -0.1) is 0 Å².